The summed E-state index contributed by atoms with van der Waals surface area (Å²) in [5.74, 6) is 2.00. The molecule has 0 saturated carbocycles. The zero-order valence-corrected chi connectivity index (χ0v) is 11.8. The van der Waals surface area contributed by atoms with E-state index in [0.717, 1.165) is 51.0 Å². The lowest BCUT2D eigenvalue weighted by molar-refractivity contribution is 0.311. The van der Waals surface area contributed by atoms with Crippen LogP contribution in [-0.2, 0) is 0 Å². The Hall–Kier alpha value is -1.36. The van der Waals surface area contributed by atoms with Crippen LogP contribution in [0.15, 0.2) is 12.3 Å². The second-order valence-corrected chi connectivity index (χ2v) is 5.55. The maximum atomic E-state index is 4.77. The molecule has 0 aromatic carbocycles. The second-order valence-electron chi connectivity index (χ2n) is 5.55. The average molecular weight is 261 g/mol. The van der Waals surface area contributed by atoms with E-state index in [4.69, 9.17) is 4.98 Å². The van der Waals surface area contributed by atoms with Crippen LogP contribution >= 0.6 is 0 Å². The van der Waals surface area contributed by atoms with Crippen LogP contribution in [0.25, 0.3) is 0 Å². The maximum absolute atomic E-state index is 4.77. The van der Waals surface area contributed by atoms with Crippen molar-refractivity contribution in [3.8, 4) is 0 Å². The fourth-order valence-electron chi connectivity index (χ4n) is 2.80. The van der Waals surface area contributed by atoms with Gasteiger partial charge in [-0.05, 0) is 32.4 Å². The minimum Gasteiger partial charge on any atom is -0.356 e. The zero-order chi connectivity index (χ0) is 13.1. The van der Waals surface area contributed by atoms with Crippen LogP contribution in [-0.4, -0.2) is 61.2 Å². The highest BCUT2D eigenvalue weighted by Crippen LogP contribution is 2.19. The first-order valence-corrected chi connectivity index (χ1v) is 7.34. The van der Waals surface area contributed by atoms with Gasteiger partial charge in [0.15, 0.2) is 0 Å². The third kappa shape index (κ3) is 2.97. The van der Waals surface area contributed by atoms with E-state index in [0.29, 0.717) is 0 Å². The molecule has 104 valence electrons. The first-order chi connectivity index (χ1) is 9.33. The minimum absolute atomic E-state index is 0.899. The Morgan fingerprint density at radius 2 is 1.63 bits per heavy atom. The molecule has 3 heterocycles. The monoisotopic (exact) mass is 261 g/mol. The largest absolute Gasteiger partial charge is 0.356 e. The molecule has 1 aromatic rings. The molecule has 2 aliphatic heterocycles. The molecule has 0 unspecified atom stereocenters. The molecule has 2 saturated heterocycles. The van der Waals surface area contributed by atoms with Crippen LogP contribution in [0.4, 0.5) is 11.8 Å². The number of hydrogen-bond acceptors (Lipinski definition) is 5. The third-order valence-electron chi connectivity index (χ3n) is 4.09. The van der Waals surface area contributed by atoms with Crippen LogP contribution in [0.5, 0.6) is 0 Å². The van der Waals surface area contributed by atoms with E-state index in [1.807, 2.05) is 12.3 Å². The maximum Gasteiger partial charge on any atom is 0.227 e. The number of piperazine rings is 1. The third-order valence-corrected chi connectivity index (χ3v) is 4.09. The fourth-order valence-corrected chi connectivity index (χ4v) is 2.80. The van der Waals surface area contributed by atoms with Crippen molar-refractivity contribution in [3.63, 3.8) is 0 Å². The molecule has 0 radical (unpaired) electrons. The summed E-state index contributed by atoms with van der Waals surface area (Å²) < 4.78 is 0. The lowest BCUT2D eigenvalue weighted by Gasteiger charge is -2.33. The first kappa shape index (κ1) is 12.7. The summed E-state index contributed by atoms with van der Waals surface area (Å²) >= 11 is 0. The van der Waals surface area contributed by atoms with E-state index in [1.54, 1.807) is 0 Å². The number of nitrogens with zero attached hydrogens (tertiary/aromatic N) is 5. The second kappa shape index (κ2) is 5.74. The van der Waals surface area contributed by atoms with Crippen LogP contribution in [0.1, 0.15) is 19.3 Å². The quantitative estimate of drug-likeness (QED) is 0.800. The van der Waals surface area contributed by atoms with Crippen molar-refractivity contribution < 1.29 is 0 Å². The molecule has 5 heteroatoms. The summed E-state index contributed by atoms with van der Waals surface area (Å²) in [5, 5.41) is 0. The number of aromatic nitrogens is 2. The summed E-state index contributed by atoms with van der Waals surface area (Å²) in [7, 11) is 2.17. The Labute approximate surface area is 115 Å². The molecule has 5 nitrogen and oxygen atoms in total. The highest BCUT2D eigenvalue weighted by Gasteiger charge is 2.18. The van der Waals surface area contributed by atoms with E-state index < -0.39 is 0 Å². The van der Waals surface area contributed by atoms with Crippen LogP contribution in [0.2, 0.25) is 0 Å². The van der Waals surface area contributed by atoms with Crippen molar-refractivity contribution in [1.82, 2.24) is 14.9 Å². The van der Waals surface area contributed by atoms with Gasteiger partial charge in [0.05, 0.1) is 0 Å². The molecule has 1 aromatic heterocycles. The van der Waals surface area contributed by atoms with Gasteiger partial charge < -0.3 is 14.7 Å². The van der Waals surface area contributed by atoms with Crippen molar-refractivity contribution >= 4 is 11.8 Å². The van der Waals surface area contributed by atoms with Gasteiger partial charge in [-0.1, -0.05) is 0 Å². The Morgan fingerprint density at radius 3 is 2.37 bits per heavy atom. The van der Waals surface area contributed by atoms with Crippen LogP contribution < -0.4 is 9.80 Å². The molecule has 3 rings (SSSR count). The van der Waals surface area contributed by atoms with Gasteiger partial charge in [0.1, 0.15) is 5.82 Å². The van der Waals surface area contributed by atoms with E-state index in [1.165, 1.54) is 19.3 Å². The van der Waals surface area contributed by atoms with Gasteiger partial charge >= 0.3 is 0 Å². The predicted octanol–water partition coefficient (Wildman–Crippen LogP) is 1.22. The number of anilines is 2. The smallest absolute Gasteiger partial charge is 0.227 e. The molecule has 0 amide bonds. The van der Waals surface area contributed by atoms with E-state index in [9.17, 15) is 0 Å². The van der Waals surface area contributed by atoms with Gasteiger partial charge in [-0.3, -0.25) is 0 Å². The summed E-state index contributed by atoms with van der Waals surface area (Å²) in [6.07, 6.45) is 5.83. The minimum atomic E-state index is 0.899. The summed E-state index contributed by atoms with van der Waals surface area (Å²) in [6.45, 7) is 6.52. The van der Waals surface area contributed by atoms with E-state index in [-0.39, 0.29) is 0 Å². The predicted molar refractivity (Wildman–Crippen MR) is 77.8 cm³/mol. The van der Waals surface area contributed by atoms with Gasteiger partial charge in [-0.25, -0.2) is 4.98 Å². The van der Waals surface area contributed by atoms with Gasteiger partial charge in [0, 0.05) is 45.5 Å². The Kier molecular flexibility index (Phi) is 3.82. The molecular weight excluding hydrogens is 238 g/mol. The molecular formula is C14H23N5. The lowest BCUT2D eigenvalue weighted by atomic mass is 10.1. The van der Waals surface area contributed by atoms with Crippen molar-refractivity contribution in [2.45, 2.75) is 19.3 Å². The van der Waals surface area contributed by atoms with Crippen molar-refractivity contribution in [1.29, 1.82) is 0 Å². The SMILES string of the molecule is CN1CCN(c2nccc(N3CCCCC3)n2)CC1. The molecule has 0 N–H and O–H groups in total. The highest BCUT2D eigenvalue weighted by molar-refractivity contribution is 5.44. The molecule has 0 atom stereocenters. The molecule has 19 heavy (non-hydrogen) atoms. The Balaban J connectivity index is 1.72. The van der Waals surface area contributed by atoms with Gasteiger partial charge in [0.25, 0.3) is 0 Å². The molecule has 0 bridgehead atoms. The lowest BCUT2D eigenvalue weighted by Crippen LogP contribution is -2.45. The fraction of sp³-hybridized carbons (Fsp3) is 0.714. The summed E-state index contributed by atoms with van der Waals surface area (Å²) in [5.41, 5.74) is 0. The average Bonchev–Trinajstić information content (AvgIpc) is 2.49. The Morgan fingerprint density at radius 1 is 0.895 bits per heavy atom. The van der Waals surface area contributed by atoms with E-state index in [2.05, 4.69) is 26.7 Å². The number of hydrogen-bond donors (Lipinski definition) is 0. The van der Waals surface area contributed by atoms with E-state index >= 15 is 0 Å². The van der Waals surface area contributed by atoms with Gasteiger partial charge in [-0.2, -0.15) is 4.98 Å². The normalized spacial score (nSPS) is 21.7. The van der Waals surface area contributed by atoms with Crippen molar-refractivity contribution in [3.05, 3.63) is 12.3 Å². The van der Waals surface area contributed by atoms with Crippen LogP contribution in [0.3, 0.4) is 0 Å². The van der Waals surface area contributed by atoms with Gasteiger partial charge in [-0.15, -0.1) is 0 Å². The molecule has 2 fully saturated rings. The number of piperidine rings is 1. The number of likely N-dealkylation sites (N-methyl/N-ethyl adjacent to an activating group) is 1. The summed E-state index contributed by atoms with van der Waals surface area (Å²) in [4.78, 5) is 16.3. The number of rotatable bonds is 2. The zero-order valence-electron chi connectivity index (χ0n) is 11.8. The molecule has 0 spiro atoms. The highest BCUT2D eigenvalue weighted by atomic mass is 15.3. The topological polar surface area (TPSA) is 35.5 Å². The first-order valence-electron chi connectivity index (χ1n) is 7.34. The van der Waals surface area contributed by atoms with Crippen molar-refractivity contribution in [2.75, 3.05) is 56.1 Å². The summed E-state index contributed by atoms with van der Waals surface area (Å²) in [6, 6.07) is 2.05. The van der Waals surface area contributed by atoms with Gasteiger partial charge in [0.2, 0.25) is 5.95 Å². The standard InChI is InChI=1S/C14H23N5/c1-17-9-11-19(12-10-17)14-15-6-5-13(16-14)18-7-3-2-4-8-18/h5-6H,2-4,7-12H2,1H3. The molecule has 0 aliphatic carbocycles. The Bertz CT molecular complexity index is 408. The van der Waals surface area contributed by atoms with Crippen molar-refractivity contribution in [2.24, 2.45) is 0 Å². The molecule has 2 aliphatic rings. The van der Waals surface area contributed by atoms with Crippen LogP contribution in [0, 0.1) is 0 Å².